The average Bonchev–Trinajstić information content (AvgIpc) is 3.16. The molecule has 140 valence electrons. The number of carbonyl (C=O) groups is 1. The Bertz CT molecular complexity index is 1110. The van der Waals surface area contributed by atoms with Gasteiger partial charge in [0.15, 0.2) is 0 Å². The fourth-order valence-electron chi connectivity index (χ4n) is 3.03. The summed E-state index contributed by atoms with van der Waals surface area (Å²) in [4.78, 5) is 19.7. The third-order valence-electron chi connectivity index (χ3n) is 4.45. The molecular formula is C22H20N4O2. The molecule has 0 saturated heterocycles. The van der Waals surface area contributed by atoms with E-state index in [0.717, 1.165) is 33.4 Å². The number of nitrogens with one attached hydrogen (secondary N) is 3. The van der Waals surface area contributed by atoms with Crippen molar-refractivity contribution in [1.82, 2.24) is 9.97 Å². The van der Waals surface area contributed by atoms with Gasteiger partial charge in [-0.25, -0.2) is 9.78 Å². The molecule has 0 bridgehead atoms. The molecule has 6 heteroatoms. The topological polar surface area (TPSA) is 79.0 Å². The van der Waals surface area contributed by atoms with Crippen molar-refractivity contribution in [3.63, 3.8) is 0 Å². The van der Waals surface area contributed by atoms with Crippen LogP contribution in [0.4, 0.5) is 16.2 Å². The maximum absolute atomic E-state index is 12.1. The van der Waals surface area contributed by atoms with Crippen LogP contribution in [0.25, 0.3) is 22.2 Å². The number of ether oxygens (including phenoxy) is 1. The second kappa shape index (κ2) is 7.84. The van der Waals surface area contributed by atoms with Crippen LogP contribution in [0.3, 0.4) is 0 Å². The largest absolute Gasteiger partial charge is 0.444 e. The van der Waals surface area contributed by atoms with Gasteiger partial charge in [0, 0.05) is 29.9 Å². The molecule has 0 fully saturated rings. The summed E-state index contributed by atoms with van der Waals surface area (Å²) in [6.07, 6.45) is 3.01. The van der Waals surface area contributed by atoms with Gasteiger partial charge in [0.25, 0.3) is 0 Å². The monoisotopic (exact) mass is 372 g/mol. The zero-order chi connectivity index (χ0) is 19.3. The second-order valence-electron chi connectivity index (χ2n) is 6.34. The number of hydrogen-bond donors (Lipinski definition) is 3. The first kappa shape index (κ1) is 17.6. The summed E-state index contributed by atoms with van der Waals surface area (Å²) in [6, 6.07) is 19.6. The highest BCUT2D eigenvalue weighted by Crippen LogP contribution is 2.30. The smallest absolute Gasteiger partial charge is 0.412 e. The highest BCUT2D eigenvalue weighted by atomic mass is 16.5. The number of carbonyl (C=O) groups excluding carboxylic acids is 1. The van der Waals surface area contributed by atoms with E-state index in [1.54, 1.807) is 6.20 Å². The molecule has 2 heterocycles. The van der Waals surface area contributed by atoms with E-state index in [2.05, 4.69) is 26.7 Å². The van der Waals surface area contributed by atoms with Crippen molar-refractivity contribution in [2.24, 2.45) is 0 Å². The lowest BCUT2D eigenvalue weighted by Gasteiger charge is -2.08. The highest BCUT2D eigenvalue weighted by molar-refractivity contribution is 5.97. The van der Waals surface area contributed by atoms with Gasteiger partial charge < -0.3 is 15.0 Å². The SMILES string of the molecule is CNc1cccc(-c2c[nH]c3ncc(NC(=O)OCc4ccccc4)cc23)c1. The van der Waals surface area contributed by atoms with Crippen molar-refractivity contribution in [3.8, 4) is 11.1 Å². The van der Waals surface area contributed by atoms with E-state index >= 15 is 0 Å². The summed E-state index contributed by atoms with van der Waals surface area (Å²) in [5, 5.41) is 6.81. The Morgan fingerprint density at radius 3 is 2.75 bits per heavy atom. The van der Waals surface area contributed by atoms with Crippen LogP contribution in [0.5, 0.6) is 0 Å². The van der Waals surface area contributed by atoms with Crippen molar-refractivity contribution >= 4 is 28.5 Å². The summed E-state index contributed by atoms with van der Waals surface area (Å²) in [5.74, 6) is 0. The van der Waals surface area contributed by atoms with E-state index in [9.17, 15) is 4.79 Å². The molecule has 0 radical (unpaired) electrons. The van der Waals surface area contributed by atoms with Crippen molar-refractivity contribution in [1.29, 1.82) is 0 Å². The van der Waals surface area contributed by atoms with Gasteiger partial charge in [-0.2, -0.15) is 0 Å². The lowest BCUT2D eigenvalue weighted by molar-refractivity contribution is 0.155. The molecule has 6 nitrogen and oxygen atoms in total. The minimum atomic E-state index is -0.515. The van der Waals surface area contributed by atoms with Crippen molar-refractivity contribution < 1.29 is 9.53 Å². The van der Waals surface area contributed by atoms with E-state index in [-0.39, 0.29) is 6.61 Å². The molecule has 0 aliphatic carbocycles. The van der Waals surface area contributed by atoms with E-state index in [0.29, 0.717) is 5.69 Å². The molecule has 0 spiro atoms. The number of amides is 1. The predicted octanol–water partition coefficient (Wildman–Crippen LogP) is 5.02. The number of aromatic nitrogens is 2. The Hall–Kier alpha value is -3.80. The lowest BCUT2D eigenvalue weighted by atomic mass is 10.1. The van der Waals surface area contributed by atoms with Crippen LogP contribution in [-0.2, 0) is 11.3 Å². The zero-order valence-electron chi connectivity index (χ0n) is 15.4. The molecule has 0 aliphatic heterocycles. The number of rotatable bonds is 5. The minimum Gasteiger partial charge on any atom is -0.444 e. The molecule has 0 aliphatic rings. The third-order valence-corrected chi connectivity index (χ3v) is 4.45. The molecule has 1 amide bonds. The normalized spacial score (nSPS) is 10.6. The fraction of sp³-hybridized carbons (Fsp3) is 0.0909. The highest BCUT2D eigenvalue weighted by Gasteiger charge is 2.10. The number of H-pyrrole nitrogens is 1. The summed E-state index contributed by atoms with van der Waals surface area (Å²) in [5.41, 5.74) is 5.37. The first-order valence-electron chi connectivity index (χ1n) is 8.96. The van der Waals surface area contributed by atoms with E-state index in [1.807, 2.05) is 67.8 Å². The van der Waals surface area contributed by atoms with Crippen LogP contribution in [0, 0.1) is 0 Å². The van der Waals surface area contributed by atoms with Crippen LogP contribution in [0.2, 0.25) is 0 Å². The van der Waals surface area contributed by atoms with E-state index in [4.69, 9.17) is 4.74 Å². The van der Waals surface area contributed by atoms with Gasteiger partial charge >= 0.3 is 6.09 Å². The molecule has 4 aromatic rings. The van der Waals surface area contributed by atoms with Crippen molar-refractivity contribution in [2.45, 2.75) is 6.61 Å². The minimum absolute atomic E-state index is 0.217. The van der Waals surface area contributed by atoms with Crippen LogP contribution in [0.1, 0.15) is 5.56 Å². The summed E-state index contributed by atoms with van der Waals surface area (Å²) in [7, 11) is 1.89. The maximum Gasteiger partial charge on any atom is 0.412 e. The molecule has 0 unspecified atom stereocenters. The fourth-order valence-corrected chi connectivity index (χ4v) is 3.03. The van der Waals surface area contributed by atoms with Crippen LogP contribution in [0.15, 0.2) is 73.1 Å². The van der Waals surface area contributed by atoms with Gasteiger partial charge in [0.05, 0.1) is 11.9 Å². The Morgan fingerprint density at radius 1 is 1.07 bits per heavy atom. The van der Waals surface area contributed by atoms with Gasteiger partial charge in [-0.3, -0.25) is 5.32 Å². The van der Waals surface area contributed by atoms with Crippen molar-refractivity contribution in [2.75, 3.05) is 17.7 Å². The molecule has 28 heavy (non-hydrogen) atoms. The molecule has 4 rings (SSSR count). The summed E-state index contributed by atoms with van der Waals surface area (Å²) < 4.78 is 5.28. The third kappa shape index (κ3) is 3.81. The van der Waals surface area contributed by atoms with Gasteiger partial charge in [-0.05, 0) is 29.3 Å². The van der Waals surface area contributed by atoms with Crippen LogP contribution < -0.4 is 10.6 Å². The molecule has 0 atom stereocenters. The van der Waals surface area contributed by atoms with Crippen LogP contribution >= 0.6 is 0 Å². The standard InChI is InChI=1S/C22H20N4O2/c1-23-17-9-5-8-16(10-17)20-13-25-21-19(20)11-18(12-24-21)26-22(27)28-14-15-6-3-2-4-7-15/h2-13,23H,14H2,1H3,(H,24,25)(H,26,27). The average molecular weight is 372 g/mol. The Balaban J connectivity index is 1.53. The van der Waals surface area contributed by atoms with Gasteiger partial charge in [-0.1, -0.05) is 42.5 Å². The molecule has 3 N–H and O–H groups in total. The Labute approximate surface area is 162 Å². The van der Waals surface area contributed by atoms with Gasteiger partial charge in [-0.15, -0.1) is 0 Å². The first-order chi connectivity index (χ1) is 13.7. The van der Waals surface area contributed by atoms with Gasteiger partial charge in [0.2, 0.25) is 0 Å². The number of fused-ring (bicyclic) bond motifs is 1. The number of benzene rings is 2. The second-order valence-corrected chi connectivity index (χ2v) is 6.34. The number of aromatic amines is 1. The Morgan fingerprint density at radius 2 is 1.93 bits per heavy atom. The van der Waals surface area contributed by atoms with Crippen molar-refractivity contribution in [3.05, 3.63) is 78.6 Å². The number of nitrogens with zero attached hydrogens (tertiary/aromatic N) is 1. The van der Waals surface area contributed by atoms with E-state index < -0.39 is 6.09 Å². The molecule has 2 aromatic carbocycles. The summed E-state index contributed by atoms with van der Waals surface area (Å²) >= 11 is 0. The summed E-state index contributed by atoms with van der Waals surface area (Å²) in [6.45, 7) is 0.217. The van der Waals surface area contributed by atoms with E-state index in [1.165, 1.54) is 0 Å². The number of pyridine rings is 1. The van der Waals surface area contributed by atoms with Crippen LogP contribution in [-0.4, -0.2) is 23.1 Å². The quantitative estimate of drug-likeness (QED) is 0.460. The predicted molar refractivity (Wildman–Crippen MR) is 111 cm³/mol. The van der Waals surface area contributed by atoms with Gasteiger partial charge in [0.1, 0.15) is 12.3 Å². The molecule has 2 aromatic heterocycles. The lowest BCUT2D eigenvalue weighted by Crippen LogP contribution is -2.13. The Kier molecular flexibility index (Phi) is 4.93. The molecular weight excluding hydrogens is 352 g/mol. The number of anilines is 2. The maximum atomic E-state index is 12.1. The first-order valence-corrected chi connectivity index (χ1v) is 8.96. The molecule has 0 saturated carbocycles. The number of hydrogen-bond acceptors (Lipinski definition) is 4. The zero-order valence-corrected chi connectivity index (χ0v) is 15.4.